The van der Waals surface area contributed by atoms with Gasteiger partial charge in [-0.15, -0.1) is 0 Å². The van der Waals surface area contributed by atoms with Crippen LogP contribution in [-0.4, -0.2) is 31.1 Å². The van der Waals surface area contributed by atoms with E-state index in [4.69, 9.17) is 15.2 Å². The third-order valence-electron chi connectivity index (χ3n) is 2.84. The van der Waals surface area contributed by atoms with Crippen LogP contribution in [0, 0.1) is 0 Å². The first-order chi connectivity index (χ1) is 7.31. The molecule has 15 heavy (non-hydrogen) atoms. The maximum absolute atomic E-state index is 11.9. The lowest BCUT2D eigenvalue weighted by Crippen LogP contribution is -2.27. The van der Waals surface area contributed by atoms with Crippen molar-refractivity contribution in [2.75, 3.05) is 13.2 Å². The Hall–Kier alpha value is -0.870. The number of hydrogen-bond donors (Lipinski definition) is 1. The average Bonchev–Trinajstić information content (AvgIpc) is 2.78. The first-order valence-corrected chi connectivity index (χ1v) is 5.54. The van der Waals surface area contributed by atoms with Gasteiger partial charge >= 0.3 is 0 Å². The molecule has 2 heterocycles. The summed E-state index contributed by atoms with van der Waals surface area (Å²) < 4.78 is 10.9. The van der Waals surface area contributed by atoms with Gasteiger partial charge in [-0.05, 0) is 31.8 Å². The van der Waals surface area contributed by atoms with Crippen molar-refractivity contribution < 1.29 is 14.3 Å². The number of nitrogens with two attached hydrogens (primary N) is 1. The Balaban J connectivity index is 1.93. The second-order valence-electron chi connectivity index (χ2n) is 3.98. The first-order valence-electron chi connectivity index (χ1n) is 5.54. The van der Waals surface area contributed by atoms with Crippen LogP contribution in [-0.2, 0) is 14.3 Å². The summed E-state index contributed by atoms with van der Waals surface area (Å²) in [6, 6.07) is 0. The molecule has 0 bridgehead atoms. The highest BCUT2D eigenvalue weighted by Crippen LogP contribution is 2.23. The van der Waals surface area contributed by atoms with Crippen LogP contribution in [0.3, 0.4) is 0 Å². The van der Waals surface area contributed by atoms with E-state index in [1.54, 1.807) is 0 Å². The standard InChI is InChI=1S/C11H17NO3/c12-7-8-4-5-10(15-8)11(13)9-3-1-2-6-14-9/h3,8,10H,1-2,4-7,12H2. The molecule has 4 nitrogen and oxygen atoms in total. The van der Waals surface area contributed by atoms with Crippen LogP contribution in [0.25, 0.3) is 0 Å². The Labute approximate surface area is 89.4 Å². The second kappa shape index (κ2) is 4.77. The van der Waals surface area contributed by atoms with Crippen LogP contribution < -0.4 is 5.73 Å². The molecule has 0 spiro atoms. The Morgan fingerprint density at radius 3 is 3.00 bits per heavy atom. The number of carbonyl (C=O) groups is 1. The average molecular weight is 211 g/mol. The molecule has 0 radical (unpaired) electrons. The van der Waals surface area contributed by atoms with Crippen LogP contribution in [0.4, 0.5) is 0 Å². The van der Waals surface area contributed by atoms with Crippen LogP contribution in [0.2, 0.25) is 0 Å². The minimum absolute atomic E-state index is 0.00866. The zero-order valence-electron chi connectivity index (χ0n) is 8.78. The van der Waals surface area contributed by atoms with Crippen molar-refractivity contribution in [1.29, 1.82) is 0 Å². The number of carbonyl (C=O) groups excluding carboxylic acids is 1. The molecule has 0 aromatic rings. The van der Waals surface area contributed by atoms with E-state index >= 15 is 0 Å². The molecule has 2 aliphatic heterocycles. The highest BCUT2D eigenvalue weighted by Gasteiger charge is 2.32. The fourth-order valence-electron chi connectivity index (χ4n) is 1.96. The summed E-state index contributed by atoms with van der Waals surface area (Å²) in [6.07, 6.45) is 5.14. The number of ether oxygens (including phenoxy) is 2. The van der Waals surface area contributed by atoms with Gasteiger partial charge in [0.05, 0.1) is 12.7 Å². The van der Waals surface area contributed by atoms with Gasteiger partial charge in [-0.2, -0.15) is 0 Å². The fourth-order valence-corrected chi connectivity index (χ4v) is 1.96. The molecule has 0 aliphatic carbocycles. The Morgan fingerprint density at radius 2 is 2.40 bits per heavy atom. The molecule has 0 aromatic carbocycles. The molecule has 1 saturated heterocycles. The number of rotatable bonds is 3. The normalized spacial score (nSPS) is 30.9. The van der Waals surface area contributed by atoms with E-state index in [0.29, 0.717) is 18.9 Å². The van der Waals surface area contributed by atoms with Crippen molar-refractivity contribution >= 4 is 5.78 Å². The van der Waals surface area contributed by atoms with Crippen molar-refractivity contribution in [2.24, 2.45) is 5.73 Å². The van der Waals surface area contributed by atoms with Gasteiger partial charge in [0.25, 0.3) is 0 Å². The zero-order chi connectivity index (χ0) is 10.7. The monoisotopic (exact) mass is 211 g/mol. The summed E-state index contributed by atoms with van der Waals surface area (Å²) in [4.78, 5) is 11.9. The number of hydrogen-bond acceptors (Lipinski definition) is 4. The van der Waals surface area contributed by atoms with E-state index in [-0.39, 0.29) is 18.0 Å². The third kappa shape index (κ3) is 2.38. The van der Waals surface area contributed by atoms with E-state index in [9.17, 15) is 4.79 Å². The summed E-state index contributed by atoms with van der Waals surface area (Å²) >= 11 is 0. The van der Waals surface area contributed by atoms with Crippen molar-refractivity contribution in [3.8, 4) is 0 Å². The topological polar surface area (TPSA) is 61.6 Å². The molecule has 2 atom stereocenters. The number of Topliss-reactive ketones (excluding diaryl/α,β-unsaturated/α-hetero) is 1. The highest BCUT2D eigenvalue weighted by atomic mass is 16.5. The van der Waals surface area contributed by atoms with E-state index in [2.05, 4.69) is 0 Å². The quantitative estimate of drug-likeness (QED) is 0.748. The molecule has 0 saturated carbocycles. The molecule has 0 aromatic heterocycles. The number of ketones is 1. The molecular formula is C11H17NO3. The molecular weight excluding hydrogens is 194 g/mol. The SMILES string of the molecule is NCC1CCC(C(=O)C2=CCCCO2)O1. The van der Waals surface area contributed by atoms with E-state index in [0.717, 1.165) is 25.7 Å². The fraction of sp³-hybridized carbons (Fsp3) is 0.727. The van der Waals surface area contributed by atoms with Crippen LogP contribution in [0.1, 0.15) is 25.7 Å². The van der Waals surface area contributed by atoms with Gasteiger partial charge in [0.2, 0.25) is 5.78 Å². The minimum Gasteiger partial charge on any atom is -0.490 e. The largest absolute Gasteiger partial charge is 0.490 e. The lowest BCUT2D eigenvalue weighted by Gasteiger charge is -2.17. The first kappa shape index (κ1) is 10.6. The summed E-state index contributed by atoms with van der Waals surface area (Å²) in [7, 11) is 0. The van der Waals surface area contributed by atoms with Crippen LogP contribution in [0.5, 0.6) is 0 Å². The highest BCUT2D eigenvalue weighted by molar-refractivity contribution is 5.97. The predicted molar refractivity (Wildman–Crippen MR) is 55.2 cm³/mol. The van der Waals surface area contributed by atoms with Gasteiger partial charge in [-0.3, -0.25) is 4.79 Å². The van der Waals surface area contributed by atoms with Gasteiger partial charge in [0.15, 0.2) is 5.76 Å². The smallest absolute Gasteiger partial charge is 0.225 e. The van der Waals surface area contributed by atoms with E-state index in [1.807, 2.05) is 6.08 Å². The maximum Gasteiger partial charge on any atom is 0.225 e. The predicted octanol–water partition coefficient (Wildman–Crippen LogP) is 0.756. The van der Waals surface area contributed by atoms with Crippen LogP contribution >= 0.6 is 0 Å². The lowest BCUT2D eigenvalue weighted by molar-refractivity contribution is -0.129. The minimum atomic E-state index is -0.331. The summed E-state index contributed by atoms with van der Waals surface area (Å²) in [5.74, 6) is 0.481. The van der Waals surface area contributed by atoms with Crippen LogP contribution in [0.15, 0.2) is 11.8 Å². The molecule has 0 amide bonds. The van der Waals surface area contributed by atoms with Gasteiger partial charge in [0, 0.05) is 6.54 Å². The Bertz CT molecular complexity index is 275. The van der Waals surface area contributed by atoms with Gasteiger partial charge < -0.3 is 15.2 Å². The molecule has 4 heteroatoms. The van der Waals surface area contributed by atoms with Crippen molar-refractivity contribution in [3.05, 3.63) is 11.8 Å². The molecule has 2 N–H and O–H groups in total. The number of allylic oxidation sites excluding steroid dienone is 1. The Kier molecular flexibility index (Phi) is 3.38. The molecule has 2 rings (SSSR count). The zero-order valence-corrected chi connectivity index (χ0v) is 8.78. The van der Waals surface area contributed by atoms with Gasteiger partial charge in [-0.25, -0.2) is 0 Å². The van der Waals surface area contributed by atoms with Crippen molar-refractivity contribution in [2.45, 2.75) is 37.9 Å². The maximum atomic E-state index is 11.9. The third-order valence-corrected chi connectivity index (χ3v) is 2.84. The molecule has 84 valence electrons. The van der Waals surface area contributed by atoms with Crippen molar-refractivity contribution in [1.82, 2.24) is 0 Å². The molecule has 2 unspecified atom stereocenters. The van der Waals surface area contributed by atoms with E-state index in [1.165, 1.54) is 0 Å². The lowest BCUT2D eigenvalue weighted by atomic mass is 10.1. The summed E-state index contributed by atoms with van der Waals surface area (Å²) in [6.45, 7) is 1.13. The van der Waals surface area contributed by atoms with E-state index < -0.39 is 0 Å². The van der Waals surface area contributed by atoms with Gasteiger partial charge in [0.1, 0.15) is 6.10 Å². The molecule has 2 aliphatic rings. The summed E-state index contributed by atoms with van der Waals surface area (Å²) in [5.41, 5.74) is 5.49. The summed E-state index contributed by atoms with van der Waals surface area (Å²) in [5, 5.41) is 0. The second-order valence-corrected chi connectivity index (χ2v) is 3.98. The van der Waals surface area contributed by atoms with Gasteiger partial charge in [-0.1, -0.05) is 0 Å². The Morgan fingerprint density at radius 1 is 1.53 bits per heavy atom. The van der Waals surface area contributed by atoms with Crippen molar-refractivity contribution in [3.63, 3.8) is 0 Å². The molecule has 1 fully saturated rings.